The fourth-order valence-electron chi connectivity index (χ4n) is 3.66. The van der Waals surface area contributed by atoms with Gasteiger partial charge in [-0.3, -0.25) is 19.5 Å². The second-order valence-corrected chi connectivity index (χ2v) is 7.31. The third-order valence-corrected chi connectivity index (χ3v) is 5.13. The lowest BCUT2D eigenvalue weighted by molar-refractivity contribution is -0.132. The lowest BCUT2D eigenvalue weighted by atomic mass is 9.96. The van der Waals surface area contributed by atoms with Gasteiger partial charge in [-0.25, -0.2) is 4.39 Å². The van der Waals surface area contributed by atoms with E-state index in [9.17, 15) is 19.1 Å². The maximum Gasteiger partial charge on any atom is 0.300 e. The van der Waals surface area contributed by atoms with Gasteiger partial charge in [0.25, 0.3) is 11.7 Å². The Morgan fingerprint density at radius 1 is 1.12 bits per heavy atom. The molecule has 2 aromatic carbocycles. The molecule has 1 aliphatic heterocycles. The molecule has 4 rings (SSSR count). The van der Waals surface area contributed by atoms with Gasteiger partial charge in [0.2, 0.25) is 0 Å². The highest BCUT2D eigenvalue weighted by Gasteiger charge is 2.47. The zero-order chi connectivity index (χ0) is 22.7. The molecule has 32 heavy (non-hydrogen) atoms. The normalized spacial score (nSPS) is 17.6. The van der Waals surface area contributed by atoms with Gasteiger partial charge in [-0.2, -0.15) is 0 Å². The van der Waals surface area contributed by atoms with E-state index in [0.717, 1.165) is 6.42 Å². The van der Waals surface area contributed by atoms with Gasteiger partial charge in [-0.15, -0.1) is 0 Å². The Hall–Kier alpha value is -4.00. The molecule has 1 amide bonds. The molecule has 7 heteroatoms. The molecule has 0 saturated carbocycles. The number of halogens is 1. The van der Waals surface area contributed by atoms with Crippen LogP contribution < -0.4 is 9.64 Å². The number of carbonyl (C=O) groups excluding carboxylic acids is 2. The SMILES string of the molecule is CCCOc1ccc(/C(O)=C2\C(=O)C(=O)N(c3cccc(F)c3)C2c2cccnc2)cc1. The number of pyridine rings is 1. The van der Waals surface area contributed by atoms with Gasteiger partial charge < -0.3 is 9.84 Å². The van der Waals surface area contributed by atoms with E-state index in [1.165, 1.54) is 35.4 Å². The average Bonchev–Trinajstić information content (AvgIpc) is 3.08. The Morgan fingerprint density at radius 3 is 2.56 bits per heavy atom. The van der Waals surface area contributed by atoms with Crippen LogP contribution >= 0.6 is 0 Å². The number of hydrogen-bond acceptors (Lipinski definition) is 5. The predicted molar refractivity (Wildman–Crippen MR) is 118 cm³/mol. The first-order valence-electron chi connectivity index (χ1n) is 10.2. The topological polar surface area (TPSA) is 79.7 Å². The Morgan fingerprint density at radius 2 is 1.91 bits per heavy atom. The largest absolute Gasteiger partial charge is 0.507 e. The van der Waals surface area contributed by atoms with E-state index >= 15 is 0 Å². The highest BCUT2D eigenvalue weighted by molar-refractivity contribution is 6.51. The molecule has 162 valence electrons. The lowest BCUT2D eigenvalue weighted by Crippen LogP contribution is -2.29. The van der Waals surface area contributed by atoms with Crippen molar-refractivity contribution in [3.8, 4) is 5.75 Å². The number of hydrogen-bond donors (Lipinski definition) is 1. The molecular weight excluding hydrogens is 411 g/mol. The number of Topliss-reactive ketones (excluding diaryl/α,β-unsaturated/α-hetero) is 1. The van der Waals surface area contributed by atoms with Crippen molar-refractivity contribution in [2.24, 2.45) is 0 Å². The molecule has 2 heterocycles. The van der Waals surface area contributed by atoms with E-state index in [0.29, 0.717) is 23.5 Å². The number of amides is 1. The summed E-state index contributed by atoms with van der Waals surface area (Å²) in [6, 6.07) is 14.4. The molecule has 1 N–H and O–H groups in total. The van der Waals surface area contributed by atoms with E-state index in [-0.39, 0.29) is 17.0 Å². The Labute approximate surface area is 184 Å². The van der Waals surface area contributed by atoms with Crippen LogP contribution in [0.1, 0.15) is 30.5 Å². The number of ketones is 1. The van der Waals surface area contributed by atoms with Crippen molar-refractivity contribution in [3.05, 3.63) is 95.6 Å². The van der Waals surface area contributed by atoms with Crippen molar-refractivity contribution in [1.29, 1.82) is 0 Å². The zero-order valence-electron chi connectivity index (χ0n) is 17.4. The third kappa shape index (κ3) is 3.97. The first-order chi connectivity index (χ1) is 15.5. The summed E-state index contributed by atoms with van der Waals surface area (Å²) < 4.78 is 19.5. The lowest BCUT2D eigenvalue weighted by Gasteiger charge is -2.25. The van der Waals surface area contributed by atoms with Gasteiger partial charge in [0.05, 0.1) is 18.2 Å². The van der Waals surface area contributed by atoms with E-state index in [1.807, 2.05) is 6.92 Å². The fraction of sp³-hybridized carbons (Fsp3) is 0.160. The number of aliphatic hydroxyl groups excluding tert-OH is 1. The highest BCUT2D eigenvalue weighted by Crippen LogP contribution is 2.42. The van der Waals surface area contributed by atoms with Crippen LogP contribution in [0.15, 0.2) is 78.6 Å². The smallest absolute Gasteiger partial charge is 0.300 e. The Balaban J connectivity index is 1.84. The number of aromatic nitrogens is 1. The molecule has 1 atom stereocenters. The Kier molecular flexibility index (Phi) is 5.98. The second-order valence-electron chi connectivity index (χ2n) is 7.31. The summed E-state index contributed by atoms with van der Waals surface area (Å²) in [5, 5.41) is 11.1. The summed E-state index contributed by atoms with van der Waals surface area (Å²) in [7, 11) is 0. The molecule has 0 spiro atoms. The maximum absolute atomic E-state index is 13.9. The number of rotatable bonds is 6. The minimum absolute atomic E-state index is 0.0884. The minimum Gasteiger partial charge on any atom is -0.507 e. The highest BCUT2D eigenvalue weighted by atomic mass is 19.1. The summed E-state index contributed by atoms with van der Waals surface area (Å²) in [6.07, 6.45) is 3.93. The second kappa shape index (κ2) is 9.01. The van der Waals surface area contributed by atoms with Crippen LogP contribution in [0.5, 0.6) is 5.75 Å². The van der Waals surface area contributed by atoms with Crippen LogP contribution in [-0.2, 0) is 9.59 Å². The average molecular weight is 432 g/mol. The van der Waals surface area contributed by atoms with E-state index in [1.54, 1.807) is 42.6 Å². The van der Waals surface area contributed by atoms with Crippen LogP contribution in [0, 0.1) is 5.82 Å². The minimum atomic E-state index is -0.957. The van der Waals surface area contributed by atoms with E-state index in [4.69, 9.17) is 4.74 Å². The molecule has 6 nitrogen and oxygen atoms in total. The number of nitrogens with zero attached hydrogens (tertiary/aromatic N) is 2. The van der Waals surface area contributed by atoms with Gasteiger partial charge >= 0.3 is 0 Å². The van der Waals surface area contributed by atoms with Gasteiger partial charge in [0.15, 0.2) is 0 Å². The monoisotopic (exact) mass is 432 g/mol. The number of carbonyl (C=O) groups is 2. The number of anilines is 1. The summed E-state index contributed by atoms with van der Waals surface area (Å²) >= 11 is 0. The van der Waals surface area contributed by atoms with Crippen molar-refractivity contribution in [1.82, 2.24) is 4.98 Å². The van der Waals surface area contributed by atoms with Crippen LogP contribution in [0.4, 0.5) is 10.1 Å². The predicted octanol–water partition coefficient (Wildman–Crippen LogP) is 4.64. The molecule has 0 aliphatic carbocycles. The number of benzene rings is 2. The molecule has 0 radical (unpaired) electrons. The molecule has 1 aliphatic rings. The van der Waals surface area contributed by atoms with Gasteiger partial charge in [-0.1, -0.05) is 19.1 Å². The van der Waals surface area contributed by atoms with Crippen molar-refractivity contribution in [2.45, 2.75) is 19.4 Å². The molecule has 1 aromatic heterocycles. The molecule has 0 bridgehead atoms. The summed E-state index contributed by atoms with van der Waals surface area (Å²) in [4.78, 5) is 31.3. The van der Waals surface area contributed by atoms with Gasteiger partial charge in [0.1, 0.15) is 17.3 Å². The molecule has 3 aromatic rings. The number of ether oxygens (including phenoxy) is 1. The van der Waals surface area contributed by atoms with Crippen LogP contribution in [0.3, 0.4) is 0 Å². The van der Waals surface area contributed by atoms with Crippen LogP contribution in [0.2, 0.25) is 0 Å². The summed E-state index contributed by atoms with van der Waals surface area (Å²) in [6.45, 7) is 2.56. The fourth-order valence-corrected chi connectivity index (χ4v) is 3.66. The standard InChI is InChI=1S/C25H21FN2O4/c1-2-13-32-20-10-8-16(9-11-20)23(29)21-22(17-5-4-12-27-15-17)28(25(31)24(21)30)19-7-3-6-18(26)14-19/h3-12,14-15,22,29H,2,13H2,1H3/b23-21+. The summed E-state index contributed by atoms with van der Waals surface area (Å²) in [5.41, 5.74) is 0.998. The summed E-state index contributed by atoms with van der Waals surface area (Å²) in [5.74, 6) is -1.94. The van der Waals surface area contributed by atoms with Crippen molar-refractivity contribution in [3.63, 3.8) is 0 Å². The first-order valence-corrected chi connectivity index (χ1v) is 10.2. The quantitative estimate of drug-likeness (QED) is 0.349. The maximum atomic E-state index is 13.9. The van der Waals surface area contributed by atoms with Gasteiger partial charge in [-0.05, 0) is 60.5 Å². The van der Waals surface area contributed by atoms with E-state index in [2.05, 4.69) is 4.98 Å². The van der Waals surface area contributed by atoms with Crippen LogP contribution in [-0.4, -0.2) is 28.4 Å². The van der Waals surface area contributed by atoms with E-state index < -0.39 is 23.5 Å². The van der Waals surface area contributed by atoms with Crippen molar-refractivity contribution in [2.75, 3.05) is 11.5 Å². The van der Waals surface area contributed by atoms with Crippen LogP contribution in [0.25, 0.3) is 5.76 Å². The number of aliphatic hydroxyl groups is 1. The molecule has 1 saturated heterocycles. The Bertz CT molecular complexity index is 1180. The molecular formula is C25H21FN2O4. The van der Waals surface area contributed by atoms with Crippen molar-refractivity contribution < 1.29 is 23.8 Å². The molecule has 1 unspecified atom stereocenters. The third-order valence-electron chi connectivity index (χ3n) is 5.13. The van der Waals surface area contributed by atoms with Crippen molar-refractivity contribution >= 4 is 23.1 Å². The molecule has 1 fully saturated rings. The zero-order valence-corrected chi connectivity index (χ0v) is 17.4. The van der Waals surface area contributed by atoms with Gasteiger partial charge in [0, 0.05) is 23.6 Å². The first kappa shape index (κ1) is 21.2.